The van der Waals surface area contributed by atoms with E-state index in [1.165, 1.54) is 41.5 Å². The molecule has 0 amide bonds. The number of aromatic nitrogens is 2. The van der Waals surface area contributed by atoms with Gasteiger partial charge in [-0.15, -0.1) is 0 Å². The minimum Gasteiger partial charge on any atom is -0.496 e. The van der Waals surface area contributed by atoms with Gasteiger partial charge in [-0.1, -0.05) is 24.6 Å². The van der Waals surface area contributed by atoms with Crippen LogP contribution in [0.15, 0.2) is 36.4 Å². The summed E-state index contributed by atoms with van der Waals surface area (Å²) in [5.41, 5.74) is 5.70. The van der Waals surface area contributed by atoms with Crippen molar-refractivity contribution < 1.29 is 4.74 Å². The predicted octanol–water partition coefficient (Wildman–Crippen LogP) is 4.26. The maximum atomic E-state index is 5.55. The third kappa shape index (κ3) is 3.08. The molecule has 0 fully saturated rings. The van der Waals surface area contributed by atoms with Gasteiger partial charge in [-0.05, 0) is 54.9 Å². The average molecular weight is 296 g/mol. The van der Waals surface area contributed by atoms with Crippen LogP contribution in [-0.4, -0.2) is 16.7 Å². The summed E-state index contributed by atoms with van der Waals surface area (Å²) in [7, 11) is 1.77. The molecule has 1 aliphatic rings. The Hall–Kier alpha value is -2.03. The molecule has 0 aliphatic heterocycles. The van der Waals surface area contributed by atoms with Crippen LogP contribution in [-0.2, 0) is 19.4 Å². The molecule has 1 aliphatic carbocycles. The maximum Gasteiger partial charge on any atom is 0.122 e. The first kappa shape index (κ1) is 14.9. The van der Waals surface area contributed by atoms with Crippen molar-refractivity contribution in [3.63, 3.8) is 0 Å². The fraction of sp³-hybridized carbons (Fsp3) is 0.421. The summed E-state index contributed by atoms with van der Waals surface area (Å²) in [5, 5.41) is 0. The van der Waals surface area contributed by atoms with Gasteiger partial charge in [-0.2, -0.15) is 0 Å². The smallest absolute Gasteiger partial charge is 0.122 e. The van der Waals surface area contributed by atoms with Crippen molar-refractivity contribution in [2.45, 2.75) is 45.6 Å². The van der Waals surface area contributed by atoms with Crippen LogP contribution >= 0.6 is 0 Å². The monoisotopic (exact) mass is 296 g/mol. The second kappa shape index (κ2) is 6.82. The predicted molar refractivity (Wildman–Crippen MR) is 90.1 cm³/mol. The van der Waals surface area contributed by atoms with Crippen LogP contribution < -0.4 is 4.74 Å². The molecule has 0 radical (unpaired) electrons. The van der Waals surface area contributed by atoms with E-state index in [0.717, 1.165) is 25.1 Å². The van der Waals surface area contributed by atoms with Crippen molar-refractivity contribution >= 4 is 6.08 Å². The van der Waals surface area contributed by atoms with Gasteiger partial charge in [0.05, 0.1) is 13.4 Å². The summed E-state index contributed by atoms with van der Waals surface area (Å²) in [6.45, 7) is 3.13. The summed E-state index contributed by atoms with van der Waals surface area (Å²) in [6, 6.07) is 4.34. The molecule has 0 saturated heterocycles. The van der Waals surface area contributed by atoms with Gasteiger partial charge in [0.15, 0.2) is 0 Å². The Balaban J connectivity index is 1.94. The van der Waals surface area contributed by atoms with Gasteiger partial charge >= 0.3 is 0 Å². The molecule has 1 aromatic heterocycles. The Kier molecular flexibility index (Phi) is 4.62. The molecular weight excluding hydrogens is 272 g/mol. The molecule has 0 bridgehead atoms. The molecule has 0 saturated carbocycles. The molecule has 1 heterocycles. The summed E-state index contributed by atoms with van der Waals surface area (Å²) in [4.78, 5) is 4.13. The van der Waals surface area contributed by atoms with Gasteiger partial charge in [0.1, 0.15) is 5.75 Å². The highest BCUT2D eigenvalue weighted by molar-refractivity contribution is 5.62. The molecule has 1 aromatic carbocycles. The lowest BCUT2D eigenvalue weighted by molar-refractivity contribution is 0.406. The minimum absolute atomic E-state index is 0.914. The van der Waals surface area contributed by atoms with E-state index in [9.17, 15) is 0 Å². The fourth-order valence-corrected chi connectivity index (χ4v) is 3.28. The summed E-state index contributed by atoms with van der Waals surface area (Å²) in [5.74, 6) is 1.06. The quantitative estimate of drug-likeness (QED) is 0.824. The number of fused-ring (bicyclic) bond motifs is 1. The highest BCUT2D eigenvalue weighted by Crippen LogP contribution is 2.33. The van der Waals surface area contributed by atoms with Crippen molar-refractivity contribution in [1.82, 2.24) is 9.55 Å². The van der Waals surface area contributed by atoms with E-state index in [4.69, 9.17) is 4.74 Å². The van der Waals surface area contributed by atoms with Crippen LogP contribution in [0.25, 0.3) is 6.08 Å². The van der Waals surface area contributed by atoms with Gasteiger partial charge in [0, 0.05) is 18.9 Å². The Labute approximate surface area is 132 Å². The highest BCUT2D eigenvalue weighted by Gasteiger charge is 2.16. The normalized spacial score (nSPS) is 14.7. The lowest BCUT2D eigenvalue weighted by Gasteiger charge is -2.21. The molecule has 0 N–H and O–H groups in total. The highest BCUT2D eigenvalue weighted by atomic mass is 16.5. The van der Waals surface area contributed by atoms with Crippen LogP contribution in [0.3, 0.4) is 0 Å². The summed E-state index contributed by atoms with van der Waals surface area (Å²) < 4.78 is 7.68. The zero-order valence-corrected chi connectivity index (χ0v) is 13.5. The number of nitrogens with zero attached hydrogens (tertiary/aromatic N) is 2. The lowest BCUT2D eigenvalue weighted by atomic mass is 9.87. The van der Waals surface area contributed by atoms with Crippen LogP contribution in [0.4, 0.5) is 0 Å². The van der Waals surface area contributed by atoms with Crippen LogP contribution in [0.5, 0.6) is 5.75 Å². The first-order valence-corrected chi connectivity index (χ1v) is 8.15. The van der Waals surface area contributed by atoms with Gasteiger partial charge in [0.25, 0.3) is 0 Å². The number of hydrogen-bond donors (Lipinski definition) is 0. The topological polar surface area (TPSA) is 27.1 Å². The first-order chi connectivity index (χ1) is 10.8. The van der Waals surface area contributed by atoms with Crippen molar-refractivity contribution in [2.75, 3.05) is 7.11 Å². The fourth-order valence-electron chi connectivity index (χ4n) is 3.28. The molecule has 3 rings (SSSR count). The zero-order chi connectivity index (χ0) is 15.4. The Morgan fingerprint density at radius 3 is 2.77 bits per heavy atom. The zero-order valence-electron chi connectivity index (χ0n) is 13.5. The Morgan fingerprint density at radius 2 is 2.09 bits per heavy atom. The van der Waals surface area contributed by atoms with Crippen LogP contribution in [0.1, 0.15) is 42.9 Å². The van der Waals surface area contributed by atoms with Crippen LogP contribution in [0.2, 0.25) is 0 Å². The molecule has 0 atom stereocenters. The molecule has 0 spiro atoms. The lowest BCUT2D eigenvalue weighted by Crippen LogP contribution is -2.07. The number of ether oxygens (including phenoxy) is 1. The number of allylic oxidation sites excluding steroid dienone is 1. The third-order valence-electron chi connectivity index (χ3n) is 4.51. The molecule has 2 aromatic rings. The van der Waals surface area contributed by atoms with Gasteiger partial charge in [-0.25, -0.2) is 4.98 Å². The number of imidazole rings is 1. The maximum absolute atomic E-state index is 5.55. The van der Waals surface area contributed by atoms with Crippen molar-refractivity contribution in [3.8, 4) is 5.75 Å². The minimum atomic E-state index is 0.914. The molecule has 116 valence electrons. The molecular formula is C19H24N2O. The average Bonchev–Trinajstić information content (AvgIpc) is 3.07. The second-order valence-electron chi connectivity index (χ2n) is 5.91. The third-order valence-corrected chi connectivity index (χ3v) is 4.51. The van der Waals surface area contributed by atoms with E-state index < -0.39 is 0 Å². The Morgan fingerprint density at radius 1 is 1.27 bits per heavy atom. The van der Waals surface area contributed by atoms with E-state index in [-0.39, 0.29) is 0 Å². The summed E-state index contributed by atoms with van der Waals surface area (Å²) in [6.07, 6.45) is 14.0. The number of methoxy groups -OCH3 is 1. The molecule has 3 nitrogen and oxygen atoms in total. The van der Waals surface area contributed by atoms with Gasteiger partial charge in [-0.3, -0.25) is 0 Å². The first-order valence-electron chi connectivity index (χ1n) is 8.15. The second-order valence-corrected chi connectivity index (χ2v) is 5.91. The van der Waals surface area contributed by atoms with E-state index in [1.54, 1.807) is 7.11 Å². The van der Waals surface area contributed by atoms with Crippen molar-refractivity contribution in [1.29, 1.82) is 0 Å². The van der Waals surface area contributed by atoms with E-state index in [1.807, 2.05) is 18.7 Å². The van der Waals surface area contributed by atoms with E-state index >= 15 is 0 Å². The number of benzene rings is 1. The molecule has 3 heteroatoms. The van der Waals surface area contributed by atoms with Gasteiger partial charge in [0.2, 0.25) is 0 Å². The molecule has 0 unspecified atom stereocenters. The van der Waals surface area contributed by atoms with Gasteiger partial charge < -0.3 is 9.30 Å². The largest absolute Gasteiger partial charge is 0.496 e. The van der Waals surface area contributed by atoms with E-state index in [0.29, 0.717) is 0 Å². The van der Waals surface area contributed by atoms with Crippen LogP contribution in [0, 0.1) is 0 Å². The number of hydrogen-bond acceptors (Lipinski definition) is 2. The SMILES string of the molecule is CC/C(=C/c1ccc(OC)c2c1CCCC2)Cn1ccnc1. The van der Waals surface area contributed by atoms with E-state index in [2.05, 4.69) is 34.7 Å². The van der Waals surface area contributed by atoms with Crippen molar-refractivity contribution in [3.05, 3.63) is 53.1 Å². The van der Waals surface area contributed by atoms with Crippen molar-refractivity contribution in [2.24, 2.45) is 0 Å². The Bertz CT molecular complexity index is 656. The standard InChI is InChI=1S/C19H24N2O/c1-3-15(13-21-11-10-20-14-21)12-16-8-9-19(22-2)18-7-5-4-6-17(16)18/h8-12,14H,3-7,13H2,1-2H3/b15-12-. The number of rotatable bonds is 5. The molecule has 22 heavy (non-hydrogen) atoms. The summed E-state index contributed by atoms with van der Waals surface area (Å²) >= 11 is 0.